The third-order valence-electron chi connectivity index (χ3n) is 2.94. The Balaban J connectivity index is 2.23. The van der Waals surface area contributed by atoms with Crippen LogP contribution in [0.2, 0.25) is 0 Å². The maximum atomic E-state index is 9.15. The minimum Gasteiger partial charge on any atom is -0.396 e. The molecule has 2 rings (SSSR count). The summed E-state index contributed by atoms with van der Waals surface area (Å²) < 4.78 is 11.0. The van der Waals surface area contributed by atoms with Crippen molar-refractivity contribution in [3.63, 3.8) is 0 Å². The number of hydrogen-bond acceptors (Lipinski definition) is 4. The Morgan fingerprint density at radius 1 is 1.50 bits per heavy atom. The zero-order valence-electron chi connectivity index (χ0n) is 7.06. The van der Waals surface area contributed by atoms with Crippen molar-refractivity contribution in [2.75, 3.05) is 19.8 Å². The normalized spacial score (nSPS) is 51.7. The first-order chi connectivity index (χ1) is 5.73. The summed E-state index contributed by atoms with van der Waals surface area (Å²) in [7, 11) is 1.91. The van der Waals surface area contributed by atoms with Crippen molar-refractivity contribution < 1.29 is 19.7 Å². The molecule has 0 aliphatic carbocycles. The molecule has 68 valence electrons. The molecule has 0 spiro atoms. The fraction of sp³-hybridized carbons (Fsp3) is 1.00. The van der Waals surface area contributed by atoms with Gasteiger partial charge in [0, 0.05) is 5.92 Å². The highest BCUT2D eigenvalue weighted by molar-refractivity contribution is 6.11. The van der Waals surface area contributed by atoms with E-state index in [1.165, 1.54) is 0 Å². The average molecular weight is 172 g/mol. The highest BCUT2D eigenvalue weighted by atomic mass is 16.6. The van der Waals surface area contributed by atoms with E-state index >= 15 is 0 Å². The van der Waals surface area contributed by atoms with Gasteiger partial charge in [0.2, 0.25) is 0 Å². The minimum absolute atomic E-state index is 0.0111. The van der Waals surface area contributed by atoms with Gasteiger partial charge in [0.25, 0.3) is 0 Å². The second-order valence-corrected chi connectivity index (χ2v) is 3.61. The lowest BCUT2D eigenvalue weighted by Crippen LogP contribution is -2.43. The van der Waals surface area contributed by atoms with E-state index < -0.39 is 5.60 Å². The van der Waals surface area contributed by atoms with Crippen molar-refractivity contribution >= 4 is 7.85 Å². The van der Waals surface area contributed by atoms with E-state index in [9.17, 15) is 0 Å². The van der Waals surface area contributed by atoms with Gasteiger partial charge in [-0.25, -0.2) is 0 Å². The smallest absolute Gasteiger partial charge is 0.142 e. The number of aliphatic hydroxyl groups excluding tert-OH is 2. The Bertz CT molecular complexity index is 188. The molecule has 4 unspecified atom stereocenters. The van der Waals surface area contributed by atoms with E-state index in [2.05, 4.69) is 0 Å². The Morgan fingerprint density at radius 2 is 2.25 bits per heavy atom. The van der Waals surface area contributed by atoms with Gasteiger partial charge >= 0.3 is 0 Å². The molecule has 2 aliphatic rings. The van der Waals surface area contributed by atoms with Crippen molar-refractivity contribution in [3.05, 3.63) is 0 Å². The summed E-state index contributed by atoms with van der Waals surface area (Å²) in [5, 5.41) is 18.2. The van der Waals surface area contributed by atoms with Crippen LogP contribution < -0.4 is 0 Å². The van der Waals surface area contributed by atoms with Gasteiger partial charge in [-0.1, -0.05) is 0 Å². The minimum atomic E-state index is -0.626. The van der Waals surface area contributed by atoms with Crippen molar-refractivity contribution in [2.24, 2.45) is 5.92 Å². The van der Waals surface area contributed by atoms with E-state index in [0.29, 0.717) is 6.61 Å². The lowest BCUT2D eigenvalue weighted by atomic mass is 9.85. The molecule has 0 aromatic rings. The molecule has 2 saturated heterocycles. The van der Waals surface area contributed by atoms with Gasteiger partial charge in [-0.2, -0.15) is 0 Å². The fourth-order valence-electron chi connectivity index (χ4n) is 2.25. The van der Waals surface area contributed by atoms with Crippen LogP contribution in [-0.2, 0) is 9.47 Å². The largest absolute Gasteiger partial charge is 0.396 e. The van der Waals surface area contributed by atoms with Crippen LogP contribution in [0, 0.1) is 5.92 Å². The van der Waals surface area contributed by atoms with Crippen molar-refractivity contribution in [1.82, 2.24) is 0 Å². The monoisotopic (exact) mass is 172 g/mol. The Morgan fingerprint density at radius 3 is 2.67 bits per heavy atom. The predicted octanol–water partition coefficient (Wildman–Crippen LogP) is -2.29. The molecule has 4 nitrogen and oxygen atoms in total. The van der Waals surface area contributed by atoms with E-state index in [-0.39, 0.29) is 31.2 Å². The number of rotatable bonds is 2. The van der Waals surface area contributed by atoms with E-state index in [0.717, 1.165) is 0 Å². The molecular weight excluding hydrogens is 159 g/mol. The topological polar surface area (TPSA) is 58.9 Å². The van der Waals surface area contributed by atoms with Crippen molar-refractivity contribution in [2.45, 2.75) is 17.7 Å². The Kier molecular flexibility index (Phi) is 1.91. The lowest BCUT2D eigenvalue weighted by Gasteiger charge is -2.28. The summed E-state index contributed by atoms with van der Waals surface area (Å²) in [6.07, 6.45) is -0.0397. The van der Waals surface area contributed by atoms with Crippen LogP contribution in [0.5, 0.6) is 0 Å². The molecule has 2 fully saturated rings. The zero-order chi connectivity index (χ0) is 8.77. The molecule has 0 radical (unpaired) electrons. The van der Waals surface area contributed by atoms with Gasteiger partial charge in [0.1, 0.15) is 13.4 Å². The average Bonchev–Trinajstić information content (AvgIpc) is 2.56. The van der Waals surface area contributed by atoms with Crippen LogP contribution >= 0.6 is 0 Å². The van der Waals surface area contributed by atoms with Crippen LogP contribution in [0.1, 0.15) is 0 Å². The lowest BCUT2D eigenvalue weighted by molar-refractivity contribution is -0.133. The zero-order valence-corrected chi connectivity index (χ0v) is 7.06. The number of ether oxygens (including phenoxy) is 2. The Labute approximate surface area is 71.9 Å². The van der Waals surface area contributed by atoms with Crippen molar-refractivity contribution in [1.29, 1.82) is 0 Å². The molecule has 12 heavy (non-hydrogen) atoms. The first-order valence-electron chi connectivity index (χ1n) is 4.24. The molecule has 0 amide bonds. The van der Waals surface area contributed by atoms with Gasteiger partial charge in [-0.3, -0.25) is 0 Å². The molecular formula is C7H13BO4. The molecule has 2 aliphatic heterocycles. The molecule has 5 heteroatoms. The van der Waals surface area contributed by atoms with Gasteiger partial charge < -0.3 is 19.7 Å². The van der Waals surface area contributed by atoms with Gasteiger partial charge in [-0.05, 0) is 0 Å². The van der Waals surface area contributed by atoms with Crippen LogP contribution in [0.4, 0.5) is 0 Å². The molecule has 2 N–H and O–H groups in total. The predicted molar refractivity (Wildman–Crippen MR) is 43.5 cm³/mol. The maximum Gasteiger partial charge on any atom is 0.142 e. The highest BCUT2D eigenvalue weighted by Gasteiger charge is 2.58. The van der Waals surface area contributed by atoms with E-state index in [4.69, 9.17) is 19.7 Å². The summed E-state index contributed by atoms with van der Waals surface area (Å²) >= 11 is 0. The SMILES string of the molecule is BC1OC2(CO)COC1C2CO. The highest BCUT2D eigenvalue weighted by Crippen LogP contribution is 2.43. The molecule has 2 bridgehead atoms. The van der Waals surface area contributed by atoms with E-state index in [1.807, 2.05) is 7.85 Å². The fourth-order valence-corrected chi connectivity index (χ4v) is 2.25. The maximum absolute atomic E-state index is 9.15. The number of aliphatic hydroxyl groups is 2. The van der Waals surface area contributed by atoms with Crippen LogP contribution in [0.3, 0.4) is 0 Å². The molecule has 0 aromatic heterocycles. The second-order valence-electron chi connectivity index (χ2n) is 3.61. The Hall–Kier alpha value is -0.0951. The van der Waals surface area contributed by atoms with Crippen LogP contribution in [0.25, 0.3) is 0 Å². The third kappa shape index (κ3) is 0.878. The molecule has 0 saturated carbocycles. The van der Waals surface area contributed by atoms with Crippen molar-refractivity contribution in [3.8, 4) is 0 Å². The quantitative estimate of drug-likeness (QED) is 0.460. The molecule has 4 atom stereocenters. The van der Waals surface area contributed by atoms with Gasteiger partial charge in [-0.15, -0.1) is 0 Å². The van der Waals surface area contributed by atoms with E-state index in [1.54, 1.807) is 0 Å². The number of fused-ring (bicyclic) bond motifs is 2. The first kappa shape index (κ1) is 8.50. The summed E-state index contributed by atoms with van der Waals surface area (Å²) in [5.41, 5.74) is -0.626. The second kappa shape index (κ2) is 2.70. The van der Waals surface area contributed by atoms with Gasteiger partial charge in [0.05, 0.1) is 31.9 Å². The molecule has 2 heterocycles. The van der Waals surface area contributed by atoms with Crippen LogP contribution in [0.15, 0.2) is 0 Å². The first-order valence-corrected chi connectivity index (χ1v) is 4.24. The summed E-state index contributed by atoms with van der Waals surface area (Å²) in [6.45, 7) is 0.359. The van der Waals surface area contributed by atoms with Gasteiger partial charge in [0.15, 0.2) is 0 Å². The third-order valence-corrected chi connectivity index (χ3v) is 2.94. The summed E-state index contributed by atoms with van der Waals surface area (Å²) in [4.78, 5) is 0. The summed E-state index contributed by atoms with van der Waals surface area (Å²) in [5.74, 6) is -0.0579. The number of hydrogen-bond donors (Lipinski definition) is 2. The molecule has 0 aromatic carbocycles. The summed E-state index contributed by atoms with van der Waals surface area (Å²) in [6, 6.07) is -0.0111. The standard InChI is InChI=1S/C7H13BO4/c8-6-5-4(1-9)7(2-10,12-6)3-11-5/h4-6,9-10H,1-3,8H2. The van der Waals surface area contributed by atoms with Crippen LogP contribution in [-0.4, -0.2) is 55.6 Å².